The Bertz CT molecular complexity index is 7520. The van der Waals surface area contributed by atoms with Crippen molar-refractivity contribution >= 4 is 126 Å². The van der Waals surface area contributed by atoms with Gasteiger partial charge in [0.1, 0.15) is 28.9 Å². The number of benzene rings is 8. The van der Waals surface area contributed by atoms with Gasteiger partial charge in [-0.1, -0.05) is 6.92 Å². The molecular formula is C99H83F3N20O11. The van der Waals surface area contributed by atoms with Crippen molar-refractivity contribution in [3.05, 3.63) is 286 Å². The molecule has 0 saturated heterocycles. The second-order valence-corrected chi connectivity index (χ2v) is 31.5. The second kappa shape index (κ2) is 37.0. The quantitative estimate of drug-likeness (QED) is 0.0406. The molecule has 8 aromatic carbocycles. The molecule has 0 unspecified atom stereocenters. The predicted octanol–water partition coefficient (Wildman–Crippen LogP) is 14.6. The fourth-order valence-electron chi connectivity index (χ4n) is 16.6. The molecule has 0 bridgehead atoms. The Balaban J connectivity index is 0.000000124. The lowest BCUT2D eigenvalue weighted by molar-refractivity contribution is -0.137. The molecule has 4 aliphatic heterocycles. The number of ketones is 2. The summed E-state index contributed by atoms with van der Waals surface area (Å²) in [6.45, 7) is 3.12. The molecule has 666 valence electrons. The number of aliphatic hydroxyl groups is 1. The summed E-state index contributed by atoms with van der Waals surface area (Å²) in [5.74, 6) is 0.648. The Morgan fingerprint density at radius 1 is 0.406 bits per heavy atom. The molecule has 9 N–H and O–H groups in total. The SMILES string of the molecule is CCC(=O)c1cccnc1-c1nc2cc(C(=O)NC)ccc2n1-c1ccc2c(c1)CCC(=O)N2.CNC(=O)c1ccc2c(c1)nc(-c1cccnc1C(C)=O)n2-c1ccc2c(c1)CCC(=O)N2.CNC(=O)c1ccc2c(c1)nc(-c1ccnc(CO)c1)n2-c1ccc2c(c1)CCC(=O)N2.CNC(=O)c1ccc2c(c1)nc(-c1ccncc1C(F)(F)F)n2-c1ccc2c(c1)CCC(=O)N2. The van der Waals surface area contributed by atoms with Crippen molar-refractivity contribution in [3.8, 4) is 68.4 Å². The van der Waals surface area contributed by atoms with Crippen LogP contribution in [0.4, 0.5) is 35.9 Å². The number of nitrogens with one attached hydrogen (secondary N) is 8. The van der Waals surface area contributed by atoms with E-state index in [1.807, 2.05) is 106 Å². The molecule has 0 fully saturated rings. The van der Waals surface area contributed by atoms with Crippen LogP contribution in [-0.2, 0) is 57.6 Å². The number of hydrogen-bond donors (Lipinski definition) is 9. The lowest BCUT2D eigenvalue weighted by atomic mass is 10.0. The molecular weight excluding hydrogens is 1700 g/mol. The van der Waals surface area contributed by atoms with Crippen molar-refractivity contribution in [3.63, 3.8) is 0 Å². The molecule has 8 amide bonds. The summed E-state index contributed by atoms with van der Waals surface area (Å²) in [7, 11) is 6.25. The number of rotatable bonds is 16. The Hall–Kier alpha value is -16.9. The van der Waals surface area contributed by atoms with Gasteiger partial charge in [-0.15, -0.1) is 0 Å². The topological polar surface area (TPSA) is 410 Å². The van der Waals surface area contributed by atoms with Gasteiger partial charge in [-0.2, -0.15) is 13.2 Å². The first-order valence-corrected chi connectivity index (χ1v) is 42.5. The molecule has 8 aromatic heterocycles. The smallest absolute Gasteiger partial charge is 0.390 e. The lowest BCUT2D eigenvalue weighted by Crippen LogP contribution is -2.19. The number of pyridine rings is 4. The fourth-order valence-corrected chi connectivity index (χ4v) is 16.6. The lowest BCUT2D eigenvalue weighted by Gasteiger charge is -2.19. The Morgan fingerprint density at radius 3 is 1.17 bits per heavy atom. The maximum Gasteiger partial charge on any atom is 0.418 e. The number of aryl methyl sites for hydroxylation is 4. The van der Waals surface area contributed by atoms with E-state index in [0.717, 1.165) is 84.7 Å². The normalized spacial score (nSPS) is 13.0. The number of nitrogens with zero attached hydrogens (tertiary/aromatic N) is 12. The summed E-state index contributed by atoms with van der Waals surface area (Å²) < 4.78 is 49.1. The number of imidazole rings is 4. The van der Waals surface area contributed by atoms with Crippen LogP contribution in [0.2, 0.25) is 0 Å². The highest BCUT2D eigenvalue weighted by Gasteiger charge is 2.37. The number of Topliss-reactive ketones (excluding diaryl/α,β-unsaturated/α-hetero) is 2. The van der Waals surface area contributed by atoms with Crippen molar-refractivity contribution in [2.75, 3.05) is 49.5 Å². The maximum atomic E-state index is 13.8. The van der Waals surface area contributed by atoms with E-state index in [2.05, 4.69) is 73.5 Å². The monoisotopic (exact) mass is 1780 g/mol. The number of halogens is 3. The number of hydrogen-bond acceptors (Lipinski definition) is 19. The molecule has 12 heterocycles. The summed E-state index contributed by atoms with van der Waals surface area (Å²) in [5, 5.41) is 31.5. The minimum Gasteiger partial charge on any atom is -0.390 e. The van der Waals surface area contributed by atoms with Crippen LogP contribution in [0.15, 0.2) is 219 Å². The van der Waals surface area contributed by atoms with Crippen LogP contribution < -0.4 is 42.5 Å². The molecule has 31 nitrogen and oxygen atoms in total. The first-order valence-electron chi connectivity index (χ1n) is 42.5. The highest BCUT2D eigenvalue weighted by molar-refractivity contribution is 6.06. The number of amides is 8. The first kappa shape index (κ1) is 88.1. The van der Waals surface area contributed by atoms with E-state index < -0.39 is 11.7 Å². The third-order valence-electron chi connectivity index (χ3n) is 23.2. The summed E-state index contributed by atoms with van der Waals surface area (Å²) in [4.78, 5) is 156. The Kier molecular flexibility index (Phi) is 24.5. The van der Waals surface area contributed by atoms with Gasteiger partial charge < -0.3 is 47.6 Å². The third-order valence-corrected chi connectivity index (χ3v) is 23.2. The van der Waals surface area contributed by atoms with Crippen LogP contribution in [0.5, 0.6) is 0 Å². The second-order valence-electron chi connectivity index (χ2n) is 31.5. The van der Waals surface area contributed by atoms with E-state index in [-0.39, 0.29) is 76.8 Å². The number of alkyl halides is 3. The van der Waals surface area contributed by atoms with E-state index >= 15 is 0 Å². The highest BCUT2D eigenvalue weighted by atomic mass is 19.4. The van der Waals surface area contributed by atoms with Crippen LogP contribution >= 0.6 is 0 Å². The zero-order valence-electron chi connectivity index (χ0n) is 72.4. The molecule has 4 aliphatic rings. The molecule has 16 aromatic rings. The summed E-state index contributed by atoms with van der Waals surface area (Å²) in [6.07, 6.45) is 6.74. The Labute approximate surface area is 755 Å². The van der Waals surface area contributed by atoms with Crippen molar-refractivity contribution < 1.29 is 66.2 Å². The minimum absolute atomic E-state index is 0.00644. The zero-order valence-corrected chi connectivity index (χ0v) is 72.4. The number of aromatic nitrogens is 12. The van der Waals surface area contributed by atoms with Gasteiger partial charge >= 0.3 is 6.18 Å². The van der Waals surface area contributed by atoms with E-state index in [4.69, 9.17) is 15.0 Å². The van der Waals surface area contributed by atoms with Crippen LogP contribution in [0.25, 0.3) is 113 Å². The summed E-state index contributed by atoms with van der Waals surface area (Å²) >= 11 is 0. The third kappa shape index (κ3) is 17.7. The number of aliphatic hydroxyl groups excluding tert-OH is 1. The fraction of sp³-hybridized carbons (Fsp3) is 0.172. The van der Waals surface area contributed by atoms with E-state index in [1.54, 1.807) is 135 Å². The van der Waals surface area contributed by atoms with Gasteiger partial charge in [-0.25, -0.2) is 19.9 Å². The minimum atomic E-state index is -4.64. The average Bonchev–Trinajstić information content (AvgIpc) is 1.62. The largest absolute Gasteiger partial charge is 0.418 e. The maximum absolute atomic E-state index is 13.8. The summed E-state index contributed by atoms with van der Waals surface area (Å²) in [5.41, 5.74) is 19.5. The van der Waals surface area contributed by atoms with Crippen molar-refractivity contribution in [2.45, 2.75) is 84.4 Å². The molecule has 34 heteroatoms. The van der Waals surface area contributed by atoms with E-state index in [1.165, 1.54) is 26.2 Å². The first-order chi connectivity index (χ1) is 64.3. The van der Waals surface area contributed by atoms with Crippen LogP contribution in [0.1, 0.15) is 142 Å². The molecule has 133 heavy (non-hydrogen) atoms. The van der Waals surface area contributed by atoms with Gasteiger partial charge in [0.2, 0.25) is 23.6 Å². The molecule has 0 radical (unpaired) electrons. The van der Waals surface area contributed by atoms with Crippen LogP contribution in [0.3, 0.4) is 0 Å². The Morgan fingerprint density at radius 2 is 0.782 bits per heavy atom. The van der Waals surface area contributed by atoms with Crippen molar-refractivity contribution in [1.29, 1.82) is 0 Å². The molecule has 0 saturated carbocycles. The van der Waals surface area contributed by atoms with Gasteiger partial charge in [0.25, 0.3) is 23.6 Å². The average molecular weight is 1790 g/mol. The number of anilines is 4. The zero-order chi connectivity index (χ0) is 93.2. The van der Waals surface area contributed by atoms with Gasteiger partial charge in [0.05, 0.1) is 62.0 Å². The summed E-state index contributed by atoms with van der Waals surface area (Å²) in [6, 6.07) is 55.7. The standard InChI is InChI=1S/C26H23N5O3.C25H21N5O3.C24H18F3N5O2.C24H21N5O3/c1-3-22(32)18-5-4-12-28-24(18)25-30-20-14-16(26(34)27-2)6-10-21(20)31(25)17-8-9-19-15(13-17)7-11-23(33)29-19;1-14(31)23-18(4-3-11-27-23)24-29-20-13-16(25(33)26-2)5-9-21(20)30(24)17-7-8-19-15(12-17)6-10-22(32)28-19;1-28-23(34)14-2-6-20-19(11-14)31-22(16-8-9-29-12-17(16)24(25,26)27)32(20)15-4-5-18-13(10-15)3-7-21(33)30-18;1-25-24(32)16-2-6-21-20(12-16)28-23(15-8-9-26-17(10-15)13-30)29(21)18-4-5-19-14(11-18)3-7-22(31)27-19/h4-6,8-10,12-14H,3,7,11H2,1-2H3,(H,27,34)(H,29,33);3-5,7-9,11-13H,6,10H2,1-2H3,(H,26,33)(H,28,32);2,4-6,8-12H,3,7H2,1H3,(H,28,34)(H,30,33);2,4-6,8-12,30H,3,7,13H2,1H3,(H,25,32)(H,27,31). The van der Waals surface area contributed by atoms with Crippen molar-refractivity contribution in [2.24, 2.45) is 0 Å². The molecule has 0 atom stereocenters. The molecule has 0 spiro atoms. The highest BCUT2D eigenvalue weighted by Crippen LogP contribution is 2.42. The van der Waals surface area contributed by atoms with E-state index in [0.29, 0.717) is 165 Å². The molecule has 20 rings (SSSR count). The van der Waals surface area contributed by atoms with Crippen LogP contribution in [-0.4, -0.2) is 150 Å². The predicted molar refractivity (Wildman–Crippen MR) is 494 cm³/mol. The van der Waals surface area contributed by atoms with Crippen molar-refractivity contribution in [1.82, 2.24) is 79.4 Å². The van der Waals surface area contributed by atoms with E-state index in [9.17, 15) is 66.2 Å². The van der Waals surface area contributed by atoms with Gasteiger partial charge in [-0.3, -0.25) is 86.1 Å². The van der Waals surface area contributed by atoms with Crippen LogP contribution in [0, 0.1) is 0 Å². The molecule has 0 aliphatic carbocycles. The number of carbonyl (C=O) groups is 10. The van der Waals surface area contributed by atoms with Gasteiger partial charge in [-0.05, 0) is 236 Å². The number of carbonyl (C=O) groups excluding carboxylic acids is 10. The van der Waals surface area contributed by atoms with Gasteiger partial charge in [0.15, 0.2) is 17.4 Å². The van der Waals surface area contributed by atoms with Gasteiger partial charge in [0, 0.05) is 188 Å². The number of fused-ring (bicyclic) bond motifs is 8.